The predicted molar refractivity (Wildman–Crippen MR) is 66.3 cm³/mol. The molecule has 1 N–H and O–H groups in total. The van der Waals surface area contributed by atoms with Gasteiger partial charge in [-0.05, 0) is 12.1 Å². The van der Waals surface area contributed by atoms with Crippen LogP contribution in [0.4, 0.5) is 0 Å². The van der Waals surface area contributed by atoms with E-state index in [9.17, 15) is 5.21 Å². The Hall–Kier alpha value is -2.11. The summed E-state index contributed by atoms with van der Waals surface area (Å²) in [4.78, 5) is 8.43. The average Bonchev–Trinajstić information content (AvgIpc) is 2.26. The molecule has 6 heteroatoms. The average molecular weight is 236 g/mol. The zero-order valence-corrected chi connectivity index (χ0v) is 10.6. The van der Waals surface area contributed by atoms with Crippen molar-refractivity contribution >= 4 is 12.2 Å². The molecule has 0 aromatic carbocycles. The van der Waals surface area contributed by atoms with Gasteiger partial charge in [-0.2, -0.15) is 0 Å². The second-order valence-electron chi connectivity index (χ2n) is 3.89. The van der Waals surface area contributed by atoms with Crippen molar-refractivity contribution < 1.29 is 10.1 Å². The lowest BCUT2D eigenvalue weighted by atomic mass is 10.4. The molecule has 0 saturated carbocycles. The molecular weight excluding hydrogens is 218 g/mol. The number of hydrogen-bond acceptors (Lipinski definition) is 3. The van der Waals surface area contributed by atoms with E-state index in [0.717, 1.165) is 4.85 Å². The summed E-state index contributed by atoms with van der Waals surface area (Å²) < 4.78 is 0. The Bertz CT molecular complexity index is 401. The molecule has 0 fully saturated rings. The Balaban J connectivity index is 2.93. The second-order valence-corrected chi connectivity index (χ2v) is 3.89. The van der Waals surface area contributed by atoms with Crippen molar-refractivity contribution in [2.75, 3.05) is 28.2 Å². The van der Waals surface area contributed by atoms with Crippen molar-refractivity contribution in [3.63, 3.8) is 0 Å². The maximum Gasteiger partial charge on any atom is 0.280 e. The van der Waals surface area contributed by atoms with Crippen molar-refractivity contribution in [3.8, 4) is 0 Å². The van der Waals surface area contributed by atoms with Gasteiger partial charge in [-0.15, -0.1) is 0 Å². The molecule has 0 unspecified atom stereocenters. The fourth-order valence-electron chi connectivity index (χ4n) is 1.27. The van der Waals surface area contributed by atoms with Gasteiger partial charge in [0.1, 0.15) is 10.5 Å². The van der Waals surface area contributed by atoms with Crippen LogP contribution in [0.1, 0.15) is 5.69 Å². The molecule has 1 heterocycles. The fourth-order valence-corrected chi connectivity index (χ4v) is 1.27. The van der Waals surface area contributed by atoms with Crippen molar-refractivity contribution in [3.05, 3.63) is 30.1 Å². The molecule has 0 spiro atoms. The minimum Gasteiger partial charge on any atom is -0.344 e. The molecule has 0 aliphatic carbocycles. The molecule has 6 nitrogen and oxygen atoms in total. The third-order valence-electron chi connectivity index (χ3n) is 1.93. The Morgan fingerprint density at radius 3 is 2.41 bits per heavy atom. The van der Waals surface area contributed by atoms with Crippen LogP contribution in [0.25, 0.3) is 0 Å². The van der Waals surface area contributed by atoms with Crippen LogP contribution in [0, 0.1) is 0 Å². The number of rotatable bonds is 2. The standard InChI is InChI=1S/C11H18N5O/c1-14(2)11(15(3)4)13-16(17)9-10-7-5-6-8-12-10/h5-9,17H,1-4H3/q+1/b16-9+. The number of pyridine rings is 1. The zero-order chi connectivity index (χ0) is 12.8. The molecule has 0 amide bonds. The van der Waals surface area contributed by atoms with Crippen LogP contribution in [0.15, 0.2) is 29.5 Å². The summed E-state index contributed by atoms with van der Waals surface area (Å²) in [6, 6.07) is 5.44. The molecule has 17 heavy (non-hydrogen) atoms. The minimum absolute atomic E-state index is 0.625. The highest BCUT2D eigenvalue weighted by Crippen LogP contribution is 1.91. The number of hydrogen-bond donors (Lipinski definition) is 1. The quantitative estimate of drug-likeness (QED) is 0.264. The maximum absolute atomic E-state index is 9.67. The summed E-state index contributed by atoms with van der Waals surface area (Å²) in [7, 11) is 7.42. The maximum atomic E-state index is 9.67. The first-order valence-electron chi connectivity index (χ1n) is 5.18. The first-order chi connectivity index (χ1) is 8.00. The lowest BCUT2D eigenvalue weighted by molar-refractivity contribution is -0.777. The molecule has 0 aliphatic heterocycles. The van der Waals surface area contributed by atoms with Gasteiger partial charge in [0.25, 0.3) is 12.2 Å². The van der Waals surface area contributed by atoms with E-state index in [2.05, 4.69) is 10.1 Å². The van der Waals surface area contributed by atoms with Crippen LogP contribution >= 0.6 is 0 Å². The predicted octanol–water partition coefficient (Wildman–Crippen LogP) is 0.296. The molecule has 92 valence electrons. The summed E-state index contributed by atoms with van der Waals surface area (Å²) in [5, 5.41) is 13.7. The van der Waals surface area contributed by atoms with Crippen molar-refractivity contribution in [2.24, 2.45) is 5.10 Å². The first-order valence-corrected chi connectivity index (χ1v) is 5.18. The Morgan fingerprint density at radius 1 is 1.29 bits per heavy atom. The number of hydrazone groups is 1. The molecule has 1 aromatic heterocycles. The van der Waals surface area contributed by atoms with Crippen LogP contribution in [0.3, 0.4) is 0 Å². The van der Waals surface area contributed by atoms with Gasteiger partial charge in [-0.3, -0.25) is 10.2 Å². The molecule has 1 rings (SSSR count). The van der Waals surface area contributed by atoms with Crippen molar-refractivity contribution in [1.82, 2.24) is 14.8 Å². The minimum atomic E-state index is 0.625. The third-order valence-corrected chi connectivity index (χ3v) is 1.93. The topological polar surface area (TPSA) is 55.0 Å². The highest BCUT2D eigenvalue weighted by atomic mass is 16.5. The van der Waals surface area contributed by atoms with Gasteiger partial charge in [-0.1, -0.05) is 6.07 Å². The highest BCUT2D eigenvalue weighted by Gasteiger charge is 2.11. The lowest BCUT2D eigenvalue weighted by Gasteiger charge is -2.18. The largest absolute Gasteiger partial charge is 0.344 e. The molecule has 0 radical (unpaired) electrons. The normalized spacial score (nSPS) is 10.9. The molecule has 1 aromatic rings. The second kappa shape index (κ2) is 5.83. The van der Waals surface area contributed by atoms with Crippen molar-refractivity contribution in [1.29, 1.82) is 0 Å². The van der Waals surface area contributed by atoms with Gasteiger partial charge in [0, 0.05) is 34.4 Å². The van der Waals surface area contributed by atoms with E-state index in [-0.39, 0.29) is 0 Å². The summed E-state index contributed by atoms with van der Waals surface area (Å²) >= 11 is 0. The fraction of sp³-hybridized carbons (Fsp3) is 0.364. The van der Waals surface area contributed by atoms with E-state index in [1.54, 1.807) is 22.1 Å². The molecular formula is C11H18N5O+. The van der Waals surface area contributed by atoms with E-state index >= 15 is 0 Å². The van der Waals surface area contributed by atoms with Crippen LogP contribution in [0.2, 0.25) is 0 Å². The van der Waals surface area contributed by atoms with Crippen LogP contribution in [0.5, 0.6) is 0 Å². The van der Waals surface area contributed by atoms with Gasteiger partial charge >= 0.3 is 0 Å². The molecule has 0 bridgehead atoms. The van der Waals surface area contributed by atoms with Crippen LogP contribution < -0.4 is 0 Å². The van der Waals surface area contributed by atoms with Crippen molar-refractivity contribution in [2.45, 2.75) is 0 Å². The Labute approximate surface area is 101 Å². The number of aromatic nitrogens is 1. The number of guanidine groups is 1. The smallest absolute Gasteiger partial charge is 0.280 e. The third kappa shape index (κ3) is 4.10. The van der Waals surface area contributed by atoms with E-state index in [0.29, 0.717) is 11.7 Å². The molecule has 0 saturated heterocycles. The van der Waals surface area contributed by atoms with Gasteiger partial charge in [0.2, 0.25) is 0 Å². The monoisotopic (exact) mass is 236 g/mol. The summed E-state index contributed by atoms with van der Waals surface area (Å²) in [6.45, 7) is 0. The van der Waals surface area contributed by atoms with E-state index < -0.39 is 0 Å². The van der Waals surface area contributed by atoms with Crippen LogP contribution in [-0.4, -0.2) is 65.2 Å². The van der Waals surface area contributed by atoms with Gasteiger partial charge in [0.15, 0.2) is 0 Å². The van der Waals surface area contributed by atoms with Gasteiger partial charge in [0.05, 0.1) is 5.10 Å². The van der Waals surface area contributed by atoms with E-state index in [4.69, 9.17) is 0 Å². The highest BCUT2D eigenvalue weighted by molar-refractivity contribution is 5.79. The first kappa shape index (κ1) is 13.0. The molecule has 0 aliphatic rings. The summed E-state index contributed by atoms with van der Waals surface area (Å²) in [5.41, 5.74) is 0.635. The van der Waals surface area contributed by atoms with E-state index in [1.807, 2.05) is 40.3 Å². The zero-order valence-electron chi connectivity index (χ0n) is 10.6. The summed E-state index contributed by atoms with van der Waals surface area (Å²) in [5.74, 6) is 0.625. The Morgan fingerprint density at radius 2 is 1.94 bits per heavy atom. The van der Waals surface area contributed by atoms with Gasteiger partial charge < -0.3 is 9.80 Å². The van der Waals surface area contributed by atoms with Crippen LogP contribution in [-0.2, 0) is 0 Å². The number of nitrogens with zero attached hydrogens (tertiary/aromatic N) is 5. The Kier molecular flexibility index (Phi) is 4.45. The van der Waals surface area contributed by atoms with Gasteiger partial charge in [-0.25, -0.2) is 0 Å². The lowest BCUT2D eigenvalue weighted by Crippen LogP contribution is -2.36. The molecule has 0 atom stereocenters. The van der Waals surface area contributed by atoms with E-state index in [1.165, 1.54) is 6.21 Å². The summed E-state index contributed by atoms with van der Waals surface area (Å²) in [6.07, 6.45) is 3.09. The SMILES string of the molecule is CN(C)C(=N/[N+](O)=C\c1ccccn1)N(C)C.